The Labute approximate surface area is 76.1 Å². The van der Waals surface area contributed by atoms with Crippen molar-refractivity contribution in [3.63, 3.8) is 0 Å². The van der Waals surface area contributed by atoms with Crippen LogP contribution >= 0.6 is 0 Å². The molecule has 0 bridgehead atoms. The molecule has 0 aliphatic rings. The van der Waals surface area contributed by atoms with Gasteiger partial charge < -0.3 is 15.3 Å². The summed E-state index contributed by atoms with van der Waals surface area (Å²) in [6.07, 6.45) is -0.799. The zero-order chi connectivity index (χ0) is 8.97. The Kier molecular flexibility index (Phi) is 4.54. The van der Waals surface area contributed by atoms with Crippen molar-refractivity contribution in [3.8, 4) is 5.75 Å². The van der Waals surface area contributed by atoms with Crippen LogP contribution in [0, 0.1) is 0 Å². The van der Waals surface area contributed by atoms with Gasteiger partial charge in [0.1, 0.15) is 5.75 Å². The molecular formula is C9H12O4. The summed E-state index contributed by atoms with van der Waals surface area (Å²) >= 11 is 0. The molecule has 1 aromatic carbocycles. The quantitative estimate of drug-likeness (QED) is 0.751. The fourth-order valence-electron chi connectivity index (χ4n) is 0.754. The average molecular weight is 184 g/mol. The van der Waals surface area contributed by atoms with Gasteiger partial charge >= 0.3 is 5.97 Å². The van der Waals surface area contributed by atoms with Gasteiger partial charge in [-0.05, 0) is 19.1 Å². The van der Waals surface area contributed by atoms with Crippen molar-refractivity contribution < 1.29 is 20.1 Å². The number of hydrogen-bond donors (Lipinski definition) is 1. The van der Waals surface area contributed by atoms with Crippen LogP contribution in [-0.2, 0) is 4.79 Å². The van der Waals surface area contributed by atoms with Crippen LogP contribution in [0.1, 0.15) is 6.92 Å². The Balaban J connectivity index is 0.00000144. The predicted octanol–water partition coefficient (Wildman–Crippen LogP) is 0.714. The summed E-state index contributed by atoms with van der Waals surface area (Å²) in [4.78, 5) is 10.4. The molecule has 0 radical (unpaired) electrons. The van der Waals surface area contributed by atoms with Gasteiger partial charge in [0, 0.05) is 0 Å². The van der Waals surface area contributed by atoms with E-state index in [2.05, 4.69) is 0 Å². The van der Waals surface area contributed by atoms with Crippen LogP contribution < -0.4 is 4.74 Å². The van der Waals surface area contributed by atoms with Crippen molar-refractivity contribution in [1.29, 1.82) is 0 Å². The molecule has 4 nitrogen and oxygen atoms in total. The molecule has 0 aromatic heterocycles. The van der Waals surface area contributed by atoms with Gasteiger partial charge in [0.05, 0.1) is 0 Å². The van der Waals surface area contributed by atoms with Gasteiger partial charge in [0.15, 0.2) is 6.10 Å². The van der Waals surface area contributed by atoms with Crippen molar-refractivity contribution in [2.45, 2.75) is 13.0 Å². The first-order chi connectivity index (χ1) is 5.70. The first kappa shape index (κ1) is 11.4. The van der Waals surface area contributed by atoms with Crippen molar-refractivity contribution in [2.24, 2.45) is 0 Å². The highest BCUT2D eigenvalue weighted by molar-refractivity contribution is 5.72. The van der Waals surface area contributed by atoms with Crippen LogP contribution in [0.5, 0.6) is 5.75 Å². The van der Waals surface area contributed by atoms with Crippen LogP contribution in [0.4, 0.5) is 0 Å². The Morgan fingerprint density at radius 1 is 1.38 bits per heavy atom. The first-order valence-corrected chi connectivity index (χ1v) is 3.64. The van der Waals surface area contributed by atoms with E-state index in [-0.39, 0.29) is 5.48 Å². The summed E-state index contributed by atoms with van der Waals surface area (Å²) < 4.78 is 5.08. The number of para-hydroxylation sites is 1. The lowest BCUT2D eigenvalue weighted by molar-refractivity contribution is -0.144. The molecule has 1 aromatic rings. The second kappa shape index (κ2) is 5.16. The normalized spacial score (nSPS) is 11.2. The van der Waals surface area contributed by atoms with Crippen LogP contribution in [-0.4, -0.2) is 22.7 Å². The summed E-state index contributed by atoms with van der Waals surface area (Å²) in [7, 11) is 0. The lowest BCUT2D eigenvalue weighted by atomic mass is 10.3. The van der Waals surface area contributed by atoms with E-state index in [1.165, 1.54) is 6.92 Å². The molecule has 13 heavy (non-hydrogen) atoms. The third-order valence-corrected chi connectivity index (χ3v) is 1.40. The highest BCUT2D eigenvalue weighted by Gasteiger charge is 2.11. The van der Waals surface area contributed by atoms with Crippen LogP contribution in [0.15, 0.2) is 30.3 Å². The molecule has 0 aliphatic carbocycles. The summed E-state index contributed by atoms with van der Waals surface area (Å²) in [6.45, 7) is 1.50. The third-order valence-electron chi connectivity index (χ3n) is 1.40. The Hall–Kier alpha value is -1.55. The minimum atomic E-state index is -0.959. The number of aliphatic carboxylic acids is 1. The monoisotopic (exact) mass is 184 g/mol. The SMILES string of the molecule is CC(Oc1ccccc1)C(=O)O.O. The Bertz CT molecular complexity index is 258. The van der Waals surface area contributed by atoms with Crippen molar-refractivity contribution in [3.05, 3.63) is 30.3 Å². The van der Waals surface area contributed by atoms with E-state index in [0.717, 1.165) is 0 Å². The second-order valence-electron chi connectivity index (χ2n) is 2.41. The summed E-state index contributed by atoms with van der Waals surface area (Å²) in [5.41, 5.74) is 0. The molecule has 0 aliphatic heterocycles. The fraction of sp³-hybridized carbons (Fsp3) is 0.222. The summed E-state index contributed by atoms with van der Waals surface area (Å²) in [5.74, 6) is -0.383. The highest BCUT2D eigenvalue weighted by Crippen LogP contribution is 2.10. The lowest BCUT2D eigenvalue weighted by Crippen LogP contribution is -2.22. The molecule has 0 spiro atoms. The zero-order valence-corrected chi connectivity index (χ0v) is 7.23. The summed E-state index contributed by atoms with van der Waals surface area (Å²) in [6, 6.07) is 8.88. The smallest absolute Gasteiger partial charge is 0.344 e. The largest absolute Gasteiger partial charge is 0.479 e. The minimum absolute atomic E-state index is 0. The molecule has 0 amide bonds. The molecule has 4 heteroatoms. The predicted molar refractivity (Wildman–Crippen MR) is 47.8 cm³/mol. The molecule has 0 saturated heterocycles. The number of benzene rings is 1. The Morgan fingerprint density at radius 3 is 2.38 bits per heavy atom. The van der Waals surface area contributed by atoms with Gasteiger partial charge in [-0.2, -0.15) is 0 Å². The molecule has 72 valence electrons. The molecule has 0 fully saturated rings. The number of carbonyl (C=O) groups is 1. The maximum Gasteiger partial charge on any atom is 0.344 e. The number of carboxylic acids is 1. The van der Waals surface area contributed by atoms with Crippen LogP contribution in [0.3, 0.4) is 0 Å². The van der Waals surface area contributed by atoms with Crippen molar-refractivity contribution in [2.75, 3.05) is 0 Å². The molecule has 1 unspecified atom stereocenters. The van der Waals surface area contributed by atoms with Gasteiger partial charge in [0.25, 0.3) is 0 Å². The lowest BCUT2D eigenvalue weighted by Gasteiger charge is -2.09. The van der Waals surface area contributed by atoms with Gasteiger partial charge in [-0.3, -0.25) is 0 Å². The van der Waals surface area contributed by atoms with Crippen LogP contribution in [0.2, 0.25) is 0 Å². The minimum Gasteiger partial charge on any atom is -0.479 e. The molecule has 1 rings (SSSR count). The third kappa shape index (κ3) is 3.57. The van der Waals surface area contributed by atoms with E-state index in [0.29, 0.717) is 5.75 Å². The highest BCUT2D eigenvalue weighted by atomic mass is 16.5. The van der Waals surface area contributed by atoms with Gasteiger partial charge in [-0.1, -0.05) is 18.2 Å². The molecule has 0 saturated carbocycles. The van der Waals surface area contributed by atoms with Crippen molar-refractivity contribution >= 4 is 5.97 Å². The summed E-state index contributed by atoms with van der Waals surface area (Å²) in [5, 5.41) is 8.52. The van der Waals surface area contributed by atoms with Gasteiger partial charge in [-0.15, -0.1) is 0 Å². The maximum atomic E-state index is 10.4. The molecule has 0 heterocycles. The van der Waals surface area contributed by atoms with E-state index < -0.39 is 12.1 Å². The Morgan fingerprint density at radius 2 is 1.92 bits per heavy atom. The molecular weight excluding hydrogens is 172 g/mol. The topological polar surface area (TPSA) is 78.0 Å². The first-order valence-electron chi connectivity index (χ1n) is 3.64. The van der Waals surface area contributed by atoms with Crippen molar-refractivity contribution in [1.82, 2.24) is 0 Å². The fourth-order valence-corrected chi connectivity index (χ4v) is 0.754. The van der Waals surface area contributed by atoms with E-state index in [9.17, 15) is 4.79 Å². The van der Waals surface area contributed by atoms with E-state index >= 15 is 0 Å². The van der Waals surface area contributed by atoms with Gasteiger partial charge in [-0.25, -0.2) is 4.79 Å². The average Bonchev–Trinajstić information content (AvgIpc) is 2.06. The maximum absolute atomic E-state index is 10.4. The van der Waals surface area contributed by atoms with E-state index in [4.69, 9.17) is 9.84 Å². The standard InChI is InChI=1S/C9H10O3.H2O/c1-7(9(10)11)12-8-5-3-2-4-6-8;/h2-7H,1H3,(H,10,11);1H2. The number of carboxylic acid groups (broad SMARTS) is 1. The van der Waals surface area contributed by atoms with Crippen LogP contribution in [0.25, 0.3) is 0 Å². The van der Waals surface area contributed by atoms with E-state index in [1.54, 1.807) is 24.3 Å². The van der Waals surface area contributed by atoms with Gasteiger partial charge in [0.2, 0.25) is 0 Å². The molecule has 1 atom stereocenters. The zero-order valence-electron chi connectivity index (χ0n) is 7.23. The second-order valence-corrected chi connectivity index (χ2v) is 2.41. The number of ether oxygens (including phenoxy) is 1. The number of rotatable bonds is 3. The number of hydrogen-bond acceptors (Lipinski definition) is 2. The molecule has 3 N–H and O–H groups in total. The van der Waals surface area contributed by atoms with E-state index in [1.807, 2.05) is 6.07 Å².